The summed E-state index contributed by atoms with van der Waals surface area (Å²) < 4.78 is 28.6. The van der Waals surface area contributed by atoms with E-state index in [1.807, 2.05) is 13.8 Å². The number of anilines is 1. The van der Waals surface area contributed by atoms with Crippen LogP contribution in [0.25, 0.3) is 0 Å². The molecule has 0 fully saturated rings. The molecule has 0 saturated carbocycles. The van der Waals surface area contributed by atoms with E-state index in [1.54, 1.807) is 55.5 Å². The average molecular weight is 577 g/mol. The SMILES string of the molecule is CCCNC(=O)[C@H](C)N(Cc1cccc(Cl)c1)C(=O)CN(c1ccc(C)cc1)S(=O)(=O)c1ccc(Cl)cc1. The van der Waals surface area contributed by atoms with E-state index < -0.39 is 28.5 Å². The minimum atomic E-state index is -4.15. The molecule has 0 aliphatic heterocycles. The third-order valence-corrected chi connectivity index (χ3v) is 8.24. The molecule has 7 nitrogen and oxygen atoms in total. The van der Waals surface area contributed by atoms with Gasteiger partial charge in [0.1, 0.15) is 12.6 Å². The molecule has 0 heterocycles. The second-order valence-electron chi connectivity index (χ2n) is 8.92. The molecule has 0 bridgehead atoms. The summed E-state index contributed by atoms with van der Waals surface area (Å²) in [4.78, 5) is 28.1. The average Bonchev–Trinajstić information content (AvgIpc) is 2.89. The van der Waals surface area contributed by atoms with Crippen molar-refractivity contribution in [2.75, 3.05) is 17.4 Å². The topological polar surface area (TPSA) is 86.8 Å². The number of benzene rings is 3. The molecule has 0 spiro atoms. The van der Waals surface area contributed by atoms with Gasteiger partial charge in [-0.25, -0.2) is 8.42 Å². The summed E-state index contributed by atoms with van der Waals surface area (Å²) in [6.45, 7) is 5.46. The molecule has 38 heavy (non-hydrogen) atoms. The predicted molar refractivity (Wildman–Crippen MR) is 152 cm³/mol. The first-order chi connectivity index (χ1) is 18.0. The Morgan fingerprint density at radius 1 is 0.947 bits per heavy atom. The fraction of sp³-hybridized carbons (Fsp3) is 0.286. The monoisotopic (exact) mass is 575 g/mol. The van der Waals surface area contributed by atoms with E-state index in [0.717, 1.165) is 16.3 Å². The van der Waals surface area contributed by atoms with Gasteiger partial charge in [0, 0.05) is 23.1 Å². The van der Waals surface area contributed by atoms with Crippen LogP contribution in [-0.4, -0.2) is 44.3 Å². The van der Waals surface area contributed by atoms with E-state index in [2.05, 4.69) is 5.32 Å². The zero-order valence-corrected chi connectivity index (χ0v) is 23.9. The summed E-state index contributed by atoms with van der Waals surface area (Å²) in [7, 11) is -4.15. The highest BCUT2D eigenvalue weighted by molar-refractivity contribution is 7.92. The van der Waals surface area contributed by atoms with Crippen LogP contribution in [0.1, 0.15) is 31.4 Å². The minimum absolute atomic E-state index is 0.00889. The van der Waals surface area contributed by atoms with Crippen molar-refractivity contribution < 1.29 is 18.0 Å². The van der Waals surface area contributed by atoms with E-state index in [0.29, 0.717) is 27.8 Å². The highest BCUT2D eigenvalue weighted by Crippen LogP contribution is 2.26. The van der Waals surface area contributed by atoms with Crippen LogP contribution in [0.4, 0.5) is 5.69 Å². The second-order valence-corrected chi connectivity index (χ2v) is 11.7. The molecule has 0 saturated heterocycles. The van der Waals surface area contributed by atoms with E-state index >= 15 is 0 Å². The molecule has 3 aromatic rings. The summed E-state index contributed by atoms with van der Waals surface area (Å²) in [5, 5.41) is 3.69. The van der Waals surface area contributed by atoms with E-state index in [4.69, 9.17) is 23.2 Å². The number of hydrogen-bond acceptors (Lipinski definition) is 4. The Morgan fingerprint density at radius 2 is 1.61 bits per heavy atom. The Hall–Kier alpha value is -3.07. The number of sulfonamides is 1. The highest BCUT2D eigenvalue weighted by atomic mass is 35.5. The van der Waals surface area contributed by atoms with E-state index in [1.165, 1.54) is 29.2 Å². The lowest BCUT2D eigenvalue weighted by atomic mass is 10.1. The number of carbonyl (C=O) groups excluding carboxylic acids is 2. The molecule has 2 amide bonds. The Balaban J connectivity index is 2.01. The standard InChI is InChI=1S/C28H31Cl2N3O4S/c1-4-16-31-28(35)21(3)32(18-22-6-5-7-24(30)17-22)27(34)19-33(25-12-8-20(2)9-13-25)38(36,37)26-14-10-23(29)11-15-26/h5-15,17,21H,4,16,18-19H2,1-3H3,(H,31,35)/t21-/m0/s1. The van der Waals surface area contributed by atoms with Crippen LogP contribution < -0.4 is 9.62 Å². The first kappa shape index (κ1) is 29.5. The van der Waals surface area contributed by atoms with Crippen molar-refractivity contribution in [1.29, 1.82) is 0 Å². The minimum Gasteiger partial charge on any atom is -0.354 e. The maximum Gasteiger partial charge on any atom is 0.264 e. The molecule has 0 aliphatic carbocycles. The molecule has 1 atom stereocenters. The molecule has 0 aromatic heterocycles. The van der Waals surface area contributed by atoms with Gasteiger partial charge in [-0.15, -0.1) is 0 Å². The number of aryl methyl sites for hydroxylation is 1. The maximum atomic E-state index is 13.8. The van der Waals surface area contributed by atoms with Crippen LogP contribution in [0, 0.1) is 6.92 Å². The molecule has 3 aromatic carbocycles. The Bertz CT molecular complexity index is 1360. The zero-order chi connectivity index (χ0) is 27.9. The maximum absolute atomic E-state index is 13.8. The summed E-state index contributed by atoms with van der Waals surface area (Å²) in [5.74, 6) is -0.869. The Labute approximate surface area is 234 Å². The van der Waals surface area contributed by atoms with Gasteiger partial charge in [0.15, 0.2) is 0 Å². The van der Waals surface area contributed by atoms with Gasteiger partial charge in [-0.3, -0.25) is 13.9 Å². The predicted octanol–water partition coefficient (Wildman–Crippen LogP) is 5.44. The second kappa shape index (κ2) is 13.1. The van der Waals surface area contributed by atoms with Gasteiger partial charge in [0.05, 0.1) is 10.6 Å². The highest BCUT2D eigenvalue weighted by Gasteiger charge is 2.32. The van der Waals surface area contributed by atoms with Crippen LogP contribution in [0.3, 0.4) is 0 Å². The molecular formula is C28H31Cl2N3O4S. The van der Waals surface area contributed by atoms with Gasteiger partial charge >= 0.3 is 0 Å². The van der Waals surface area contributed by atoms with Crippen LogP contribution in [0.5, 0.6) is 0 Å². The summed E-state index contributed by atoms with van der Waals surface area (Å²) >= 11 is 12.1. The Kier molecular flexibility index (Phi) is 10.2. The summed E-state index contributed by atoms with van der Waals surface area (Å²) in [6.07, 6.45) is 0.737. The third kappa shape index (κ3) is 7.49. The van der Waals surface area contributed by atoms with Gasteiger partial charge < -0.3 is 10.2 Å². The van der Waals surface area contributed by atoms with Crippen molar-refractivity contribution in [3.8, 4) is 0 Å². The zero-order valence-electron chi connectivity index (χ0n) is 21.5. The van der Waals surface area contributed by atoms with Crippen LogP contribution in [0.15, 0.2) is 77.7 Å². The van der Waals surface area contributed by atoms with Crippen molar-refractivity contribution in [1.82, 2.24) is 10.2 Å². The number of nitrogens with one attached hydrogen (secondary N) is 1. The lowest BCUT2D eigenvalue weighted by molar-refractivity contribution is -0.139. The summed E-state index contributed by atoms with van der Waals surface area (Å²) in [6, 6.07) is 18.7. The number of hydrogen-bond donors (Lipinski definition) is 1. The molecule has 3 rings (SSSR count). The lowest BCUT2D eigenvalue weighted by Crippen LogP contribution is -2.51. The fourth-order valence-corrected chi connectivity index (χ4v) is 5.54. The van der Waals surface area contributed by atoms with Crippen LogP contribution in [-0.2, 0) is 26.2 Å². The lowest BCUT2D eigenvalue weighted by Gasteiger charge is -2.32. The third-order valence-electron chi connectivity index (χ3n) is 5.96. The van der Waals surface area contributed by atoms with Gasteiger partial charge in [0.25, 0.3) is 10.0 Å². The van der Waals surface area contributed by atoms with E-state index in [9.17, 15) is 18.0 Å². The van der Waals surface area contributed by atoms with Gasteiger partial charge in [0.2, 0.25) is 11.8 Å². The molecule has 202 valence electrons. The van der Waals surface area contributed by atoms with Gasteiger partial charge in [-0.1, -0.05) is 60.0 Å². The molecular weight excluding hydrogens is 545 g/mol. The molecule has 1 N–H and O–H groups in total. The Morgan fingerprint density at radius 3 is 2.21 bits per heavy atom. The largest absolute Gasteiger partial charge is 0.354 e. The van der Waals surface area contributed by atoms with Crippen molar-refractivity contribution in [2.24, 2.45) is 0 Å². The first-order valence-electron chi connectivity index (χ1n) is 12.2. The summed E-state index contributed by atoms with van der Waals surface area (Å²) in [5.41, 5.74) is 1.97. The number of rotatable bonds is 11. The number of carbonyl (C=O) groups is 2. The smallest absolute Gasteiger partial charge is 0.264 e. The van der Waals surface area contributed by atoms with Crippen LogP contribution >= 0.6 is 23.2 Å². The molecule has 0 aliphatic rings. The van der Waals surface area contributed by atoms with Crippen molar-refractivity contribution in [3.05, 3.63) is 94.0 Å². The molecule has 0 radical (unpaired) electrons. The quantitative estimate of drug-likeness (QED) is 0.330. The number of amides is 2. The van der Waals surface area contributed by atoms with Gasteiger partial charge in [-0.2, -0.15) is 0 Å². The van der Waals surface area contributed by atoms with Crippen molar-refractivity contribution in [2.45, 2.75) is 44.7 Å². The normalized spacial score (nSPS) is 12.0. The van der Waals surface area contributed by atoms with Crippen molar-refractivity contribution >= 4 is 50.7 Å². The van der Waals surface area contributed by atoms with Crippen molar-refractivity contribution in [3.63, 3.8) is 0 Å². The van der Waals surface area contributed by atoms with Gasteiger partial charge in [-0.05, 0) is 74.4 Å². The first-order valence-corrected chi connectivity index (χ1v) is 14.4. The number of halogens is 2. The fourth-order valence-electron chi connectivity index (χ4n) is 3.78. The molecule has 10 heteroatoms. The molecule has 0 unspecified atom stereocenters. The van der Waals surface area contributed by atoms with Crippen LogP contribution in [0.2, 0.25) is 10.0 Å². The van der Waals surface area contributed by atoms with E-state index in [-0.39, 0.29) is 17.3 Å². The number of nitrogens with zero attached hydrogens (tertiary/aromatic N) is 2.